The predicted molar refractivity (Wildman–Crippen MR) is 55.8 cm³/mol. The third-order valence-electron chi connectivity index (χ3n) is 2.39. The van der Waals surface area contributed by atoms with Gasteiger partial charge < -0.3 is 10.4 Å². The number of rotatable bonds is 3. The van der Waals surface area contributed by atoms with Crippen molar-refractivity contribution in [3.8, 4) is 0 Å². The summed E-state index contributed by atoms with van der Waals surface area (Å²) >= 11 is 0. The number of ketones is 2. The molecule has 0 saturated carbocycles. The largest absolute Gasteiger partial charge is 0.480 e. The molecular weight excluding hydrogens is 210 g/mol. The van der Waals surface area contributed by atoms with Crippen LogP contribution < -0.4 is 5.32 Å². The molecule has 2 N–H and O–H groups in total. The zero-order valence-electron chi connectivity index (χ0n) is 8.32. The molecule has 0 bridgehead atoms. The van der Waals surface area contributed by atoms with E-state index in [9.17, 15) is 14.4 Å². The molecule has 0 fully saturated rings. The van der Waals surface area contributed by atoms with E-state index in [0.29, 0.717) is 16.8 Å². The summed E-state index contributed by atoms with van der Waals surface area (Å²) in [6.07, 6.45) is -0.124. The number of carboxylic acid groups (broad SMARTS) is 1. The maximum Gasteiger partial charge on any atom is 0.322 e. The van der Waals surface area contributed by atoms with Crippen molar-refractivity contribution in [2.75, 3.05) is 11.9 Å². The molecule has 82 valence electrons. The minimum atomic E-state index is -1.02. The molecule has 0 unspecified atom stereocenters. The molecule has 16 heavy (non-hydrogen) atoms. The molecular formula is C11H9NO4. The van der Waals surface area contributed by atoms with Crippen molar-refractivity contribution in [1.82, 2.24) is 0 Å². The van der Waals surface area contributed by atoms with E-state index in [2.05, 4.69) is 5.32 Å². The Morgan fingerprint density at radius 3 is 2.75 bits per heavy atom. The van der Waals surface area contributed by atoms with Gasteiger partial charge in [0.25, 0.3) is 0 Å². The number of carbonyl (C=O) groups is 3. The van der Waals surface area contributed by atoms with Gasteiger partial charge in [-0.15, -0.1) is 0 Å². The molecule has 0 saturated heterocycles. The SMILES string of the molecule is O=C(O)CNc1cccc2c1C(=O)CC2=O. The Morgan fingerprint density at radius 2 is 2.06 bits per heavy atom. The van der Waals surface area contributed by atoms with Crippen molar-refractivity contribution in [3.05, 3.63) is 29.3 Å². The van der Waals surface area contributed by atoms with Gasteiger partial charge in [-0.05, 0) is 6.07 Å². The minimum absolute atomic E-state index is 0.124. The molecule has 1 aromatic rings. The number of anilines is 1. The topological polar surface area (TPSA) is 83.5 Å². The summed E-state index contributed by atoms with van der Waals surface area (Å²) in [5, 5.41) is 11.1. The van der Waals surface area contributed by atoms with Crippen LogP contribution in [0.4, 0.5) is 5.69 Å². The fourth-order valence-electron chi connectivity index (χ4n) is 1.73. The zero-order chi connectivity index (χ0) is 11.7. The number of carboxylic acids is 1. The molecule has 0 aromatic heterocycles. The molecule has 5 nitrogen and oxygen atoms in total. The van der Waals surface area contributed by atoms with Crippen LogP contribution in [0, 0.1) is 0 Å². The van der Waals surface area contributed by atoms with Gasteiger partial charge in [-0.2, -0.15) is 0 Å². The molecule has 0 amide bonds. The highest BCUT2D eigenvalue weighted by Crippen LogP contribution is 2.28. The summed E-state index contributed by atoms with van der Waals surface area (Å²) in [6.45, 7) is -0.280. The van der Waals surface area contributed by atoms with E-state index in [1.165, 1.54) is 0 Å². The maximum absolute atomic E-state index is 11.5. The number of fused-ring (bicyclic) bond motifs is 1. The third kappa shape index (κ3) is 1.67. The fourth-order valence-corrected chi connectivity index (χ4v) is 1.73. The van der Waals surface area contributed by atoms with E-state index in [-0.39, 0.29) is 24.5 Å². The van der Waals surface area contributed by atoms with Crippen molar-refractivity contribution >= 4 is 23.2 Å². The van der Waals surface area contributed by atoms with E-state index in [1.54, 1.807) is 18.2 Å². The Balaban J connectivity index is 2.37. The average Bonchev–Trinajstić information content (AvgIpc) is 2.52. The van der Waals surface area contributed by atoms with Crippen LogP contribution in [0.5, 0.6) is 0 Å². The first-order chi connectivity index (χ1) is 7.59. The van der Waals surface area contributed by atoms with E-state index < -0.39 is 5.97 Å². The monoisotopic (exact) mass is 219 g/mol. The van der Waals surface area contributed by atoms with Gasteiger partial charge in [0, 0.05) is 11.3 Å². The van der Waals surface area contributed by atoms with Gasteiger partial charge in [0.2, 0.25) is 0 Å². The quantitative estimate of drug-likeness (QED) is 0.739. The molecule has 5 heteroatoms. The number of aliphatic carboxylic acids is 1. The van der Waals surface area contributed by atoms with Crippen LogP contribution in [-0.4, -0.2) is 29.2 Å². The maximum atomic E-state index is 11.5. The van der Waals surface area contributed by atoms with Crippen molar-refractivity contribution in [1.29, 1.82) is 0 Å². The average molecular weight is 219 g/mol. The van der Waals surface area contributed by atoms with Crippen LogP contribution in [-0.2, 0) is 4.79 Å². The van der Waals surface area contributed by atoms with Crippen molar-refractivity contribution in [3.63, 3.8) is 0 Å². The Hall–Kier alpha value is -2.17. The molecule has 0 atom stereocenters. The normalized spacial score (nSPS) is 13.8. The second-order valence-electron chi connectivity index (χ2n) is 3.50. The molecule has 0 spiro atoms. The molecule has 0 radical (unpaired) electrons. The van der Waals surface area contributed by atoms with Gasteiger partial charge >= 0.3 is 5.97 Å². The lowest BCUT2D eigenvalue weighted by atomic mass is 10.1. The molecule has 0 heterocycles. The number of hydrogen-bond acceptors (Lipinski definition) is 4. The highest BCUT2D eigenvalue weighted by atomic mass is 16.4. The first-order valence-corrected chi connectivity index (χ1v) is 4.74. The second-order valence-corrected chi connectivity index (χ2v) is 3.50. The van der Waals surface area contributed by atoms with Crippen molar-refractivity contribution in [2.45, 2.75) is 6.42 Å². The summed E-state index contributed by atoms with van der Waals surface area (Å²) in [4.78, 5) is 33.3. The Bertz CT molecular complexity index is 493. The molecule has 1 aliphatic rings. The van der Waals surface area contributed by atoms with Crippen LogP contribution in [0.1, 0.15) is 27.1 Å². The predicted octanol–water partition coefficient (Wildman–Crippen LogP) is 0.952. The summed E-state index contributed by atoms with van der Waals surface area (Å²) in [6, 6.07) is 4.80. The van der Waals surface area contributed by atoms with Crippen LogP contribution in [0.15, 0.2) is 18.2 Å². The number of carbonyl (C=O) groups excluding carboxylic acids is 2. The van der Waals surface area contributed by atoms with E-state index >= 15 is 0 Å². The lowest BCUT2D eigenvalue weighted by Gasteiger charge is -2.07. The molecule has 0 aliphatic heterocycles. The van der Waals surface area contributed by atoms with Crippen LogP contribution in [0.3, 0.4) is 0 Å². The van der Waals surface area contributed by atoms with E-state index in [4.69, 9.17) is 5.11 Å². The Morgan fingerprint density at radius 1 is 1.31 bits per heavy atom. The summed E-state index contributed by atoms with van der Waals surface area (Å²) in [5.74, 6) is -1.48. The first-order valence-electron chi connectivity index (χ1n) is 4.74. The van der Waals surface area contributed by atoms with Gasteiger partial charge in [-0.25, -0.2) is 0 Å². The fraction of sp³-hybridized carbons (Fsp3) is 0.182. The lowest BCUT2D eigenvalue weighted by molar-refractivity contribution is -0.134. The summed E-state index contributed by atoms with van der Waals surface area (Å²) < 4.78 is 0. The Labute approximate surface area is 91.1 Å². The summed E-state index contributed by atoms with van der Waals surface area (Å²) in [5.41, 5.74) is 1.10. The summed E-state index contributed by atoms with van der Waals surface area (Å²) in [7, 11) is 0. The number of hydrogen-bond donors (Lipinski definition) is 2. The Kier molecular flexibility index (Phi) is 2.44. The van der Waals surface area contributed by atoms with Gasteiger partial charge in [0.05, 0.1) is 12.0 Å². The van der Waals surface area contributed by atoms with Crippen molar-refractivity contribution in [2.24, 2.45) is 0 Å². The molecule has 1 aliphatic carbocycles. The highest BCUT2D eigenvalue weighted by molar-refractivity contribution is 6.26. The van der Waals surface area contributed by atoms with Crippen LogP contribution >= 0.6 is 0 Å². The third-order valence-corrected chi connectivity index (χ3v) is 2.39. The minimum Gasteiger partial charge on any atom is -0.480 e. The van der Waals surface area contributed by atoms with Gasteiger partial charge in [0.15, 0.2) is 11.6 Å². The van der Waals surface area contributed by atoms with E-state index in [1.807, 2.05) is 0 Å². The lowest BCUT2D eigenvalue weighted by Crippen LogP contribution is -2.14. The smallest absolute Gasteiger partial charge is 0.322 e. The first kappa shape index (κ1) is 10.4. The molecule has 2 rings (SSSR count). The zero-order valence-corrected chi connectivity index (χ0v) is 8.32. The van der Waals surface area contributed by atoms with E-state index in [0.717, 1.165) is 0 Å². The molecule has 1 aromatic carbocycles. The number of nitrogens with one attached hydrogen (secondary N) is 1. The number of benzene rings is 1. The van der Waals surface area contributed by atoms with Gasteiger partial charge in [0.1, 0.15) is 6.54 Å². The standard InChI is InChI=1S/C11H9NO4/c13-8-4-9(14)11-6(8)2-1-3-7(11)12-5-10(15)16/h1-3,12H,4-5H2,(H,15,16). The van der Waals surface area contributed by atoms with Crippen LogP contribution in [0.2, 0.25) is 0 Å². The highest BCUT2D eigenvalue weighted by Gasteiger charge is 2.29. The van der Waals surface area contributed by atoms with Gasteiger partial charge in [-0.3, -0.25) is 14.4 Å². The second kappa shape index (κ2) is 3.77. The van der Waals surface area contributed by atoms with Crippen LogP contribution in [0.25, 0.3) is 0 Å². The van der Waals surface area contributed by atoms with Gasteiger partial charge in [-0.1, -0.05) is 12.1 Å². The number of Topliss-reactive ketones (excluding diaryl/α,β-unsaturated/α-hetero) is 2. The van der Waals surface area contributed by atoms with Crippen molar-refractivity contribution < 1.29 is 19.5 Å².